The van der Waals surface area contributed by atoms with Crippen molar-refractivity contribution in [2.75, 3.05) is 50.7 Å². The van der Waals surface area contributed by atoms with E-state index in [-0.39, 0.29) is 5.91 Å². The summed E-state index contributed by atoms with van der Waals surface area (Å²) in [6, 6.07) is 0. The van der Waals surface area contributed by atoms with Gasteiger partial charge in [-0.3, -0.25) is 4.79 Å². The lowest BCUT2D eigenvalue weighted by Crippen LogP contribution is -2.48. The molecule has 2 fully saturated rings. The third-order valence-corrected chi connectivity index (χ3v) is 4.69. The molecule has 2 aliphatic rings. The van der Waals surface area contributed by atoms with Gasteiger partial charge in [-0.1, -0.05) is 6.92 Å². The molecule has 0 saturated carbocycles. The largest absolute Gasteiger partial charge is 0.341 e. The molecule has 0 unspecified atom stereocenters. The fourth-order valence-electron chi connectivity index (χ4n) is 3.17. The molecular formula is C16H25N5O. The van der Waals surface area contributed by atoms with Crippen LogP contribution < -0.4 is 4.90 Å². The van der Waals surface area contributed by atoms with Gasteiger partial charge in [0.15, 0.2) is 0 Å². The van der Waals surface area contributed by atoms with Crippen LogP contribution in [0.25, 0.3) is 0 Å². The standard InChI is InChI=1S/C16H25N5O/c1-3-19-8-10-20(11-9-19)15(22)14-12-17-16(18-13(14)2)21-6-4-5-7-21/h12H,3-11H2,1-2H3. The lowest BCUT2D eigenvalue weighted by atomic mass is 10.2. The lowest BCUT2D eigenvalue weighted by molar-refractivity contribution is 0.0641. The highest BCUT2D eigenvalue weighted by atomic mass is 16.2. The number of rotatable bonds is 3. The average Bonchev–Trinajstić information content (AvgIpc) is 3.09. The normalized spacial score (nSPS) is 19.7. The van der Waals surface area contributed by atoms with E-state index in [0.29, 0.717) is 5.56 Å². The summed E-state index contributed by atoms with van der Waals surface area (Å²) in [4.78, 5) is 28.1. The zero-order chi connectivity index (χ0) is 15.5. The molecular weight excluding hydrogens is 278 g/mol. The molecule has 0 radical (unpaired) electrons. The molecule has 3 heterocycles. The zero-order valence-corrected chi connectivity index (χ0v) is 13.6. The van der Waals surface area contributed by atoms with Crippen LogP contribution in [-0.4, -0.2) is 71.5 Å². The number of hydrogen-bond acceptors (Lipinski definition) is 5. The number of anilines is 1. The van der Waals surface area contributed by atoms with Crippen molar-refractivity contribution in [2.24, 2.45) is 0 Å². The maximum Gasteiger partial charge on any atom is 0.257 e. The maximum atomic E-state index is 12.7. The predicted octanol–water partition coefficient (Wildman–Crippen LogP) is 1.16. The Morgan fingerprint density at radius 3 is 2.41 bits per heavy atom. The van der Waals surface area contributed by atoms with Gasteiger partial charge in [0.2, 0.25) is 5.95 Å². The summed E-state index contributed by atoms with van der Waals surface area (Å²) < 4.78 is 0. The van der Waals surface area contributed by atoms with Crippen molar-refractivity contribution in [3.05, 3.63) is 17.5 Å². The maximum absolute atomic E-state index is 12.7. The van der Waals surface area contributed by atoms with Crippen LogP contribution in [0.1, 0.15) is 35.8 Å². The summed E-state index contributed by atoms with van der Waals surface area (Å²) in [5.74, 6) is 0.837. The molecule has 1 amide bonds. The zero-order valence-electron chi connectivity index (χ0n) is 13.6. The third kappa shape index (κ3) is 3.06. The smallest absolute Gasteiger partial charge is 0.257 e. The molecule has 0 spiro atoms. The summed E-state index contributed by atoms with van der Waals surface area (Å²) in [6.07, 6.45) is 4.11. The summed E-state index contributed by atoms with van der Waals surface area (Å²) in [5, 5.41) is 0. The number of aryl methyl sites for hydroxylation is 1. The number of carbonyl (C=O) groups is 1. The van der Waals surface area contributed by atoms with Gasteiger partial charge in [0.05, 0.1) is 11.3 Å². The fourth-order valence-corrected chi connectivity index (χ4v) is 3.17. The second-order valence-corrected chi connectivity index (χ2v) is 6.09. The van der Waals surface area contributed by atoms with Crippen LogP contribution in [0, 0.1) is 6.92 Å². The summed E-state index contributed by atoms with van der Waals surface area (Å²) in [6.45, 7) is 10.7. The van der Waals surface area contributed by atoms with Gasteiger partial charge in [0.25, 0.3) is 5.91 Å². The van der Waals surface area contributed by atoms with Gasteiger partial charge in [-0.25, -0.2) is 9.97 Å². The van der Waals surface area contributed by atoms with Crippen LogP contribution in [0.3, 0.4) is 0 Å². The Balaban J connectivity index is 1.70. The van der Waals surface area contributed by atoms with Gasteiger partial charge in [-0.15, -0.1) is 0 Å². The molecule has 1 aromatic heterocycles. The minimum absolute atomic E-state index is 0.0706. The van der Waals surface area contributed by atoms with Gasteiger partial charge in [-0.2, -0.15) is 0 Å². The van der Waals surface area contributed by atoms with E-state index in [1.165, 1.54) is 12.8 Å². The molecule has 3 rings (SSSR count). The minimum Gasteiger partial charge on any atom is -0.341 e. The molecule has 2 saturated heterocycles. The number of piperazine rings is 1. The molecule has 6 nitrogen and oxygen atoms in total. The second-order valence-electron chi connectivity index (χ2n) is 6.09. The monoisotopic (exact) mass is 303 g/mol. The van der Waals surface area contributed by atoms with E-state index in [0.717, 1.165) is 57.5 Å². The number of hydrogen-bond donors (Lipinski definition) is 0. The number of aromatic nitrogens is 2. The van der Waals surface area contributed by atoms with Crippen LogP contribution in [0.5, 0.6) is 0 Å². The molecule has 22 heavy (non-hydrogen) atoms. The van der Waals surface area contributed by atoms with E-state index in [9.17, 15) is 4.79 Å². The first-order valence-corrected chi connectivity index (χ1v) is 8.29. The Hall–Kier alpha value is -1.69. The average molecular weight is 303 g/mol. The van der Waals surface area contributed by atoms with Crippen molar-refractivity contribution in [2.45, 2.75) is 26.7 Å². The summed E-state index contributed by atoms with van der Waals surface area (Å²) >= 11 is 0. The topological polar surface area (TPSA) is 52.6 Å². The van der Waals surface area contributed by atoms with Crippen LogP contribution in [-0.2, 0) is 0 Å². The van der Waals surface area contributed by atoms with E-state index in [4.69, 9.17) is 0 Å². The predicted molar refractivity (Wildman–Crippen MR) is 86.2 cm³/mol. The molecule has 0 bridgehead atoms. The first-order valence-electron chi connectivity index (χ1n) is 8.29. The van der Waals surface area contributed by atoms with Crippen molar-refractivity contribution in [1.82, 2.24) is 19.8 Å². The van der Waals surface area contributed by atoms with Crippen molar-refractivity contribution in [3.63, 3.8) is 0 Å². The Kier molecular flexibility index (Phi) is 4.57. The van der Waals surface area contributed by atoms with E-state index in [1.807, 2.05) is 11.8 Å². The molecule has 6 heteroatoms. The lowest BCUT2D eigenvalue weighted by Gasteiger charge is -2.34. The van der Waals surface area contributed by atoms with Crippen molar-refractivity contribution < 1.29 is 4.79 Å². The Bertz CT molecular complexity index is 533. The van der Waals surface area contributed by atoms with Crippen LogP contribution in [0.2, 0.25) is 0 Å². The number of likely N-dealkylation sites (N-methyl/N-ethyl adjacent to an activating group) is 1. The van der Waals surface area contributed by atoms with Crippen LogP contribution >= 0.6 is 0 Å². The Morgan fingerprint density at radius 2 is 1.82 bits per heavy atom. The van der Waals surface area contributed by atoms with E-state index < -0.39 is 0 Å². The van der Waals surface area contributed by atoms with Crippen molar-refractivity contribution in [1.29, 1.82) is 0 Å². The molecule has 0 atom stereocenters. The highest BCUT2D eigenvalue weighted by Crippen LogP contribution is 2.18. The van der Waals surface area contributed by atoms with Gasteiger partial charge < -0.3 is 14.7 Å². The molecule has 0 N–H and O–H groups in total. The van der Waals surface area contributed by atoms with Gasteiger partial charge >= 0.3 is 0 Å². The molecule has 0 aromatic carbocycles. The van der Waals surface area contributed by atoms with E-state index in [1.54, 1.807) is 6.20 Å². The number of nitrogens with zero attached hydrogens (tertiary/aromatic N) is 5. The summed E-state index contributed by atoms with van der Waals surface area (Å²) in [7, 11) is 0. The van der Waals surface area contributed by atoms with Gasteiger partial charge in [-0.05, 0) is 26.3 Å². The third-order valence-electron chi connectivity index (χ3n) is 4.69. The highest BCUT2D eigenvalue weighted by Gasteiger charge is 2.24. The SMILES string of the molecule is CCN1CCN(C(=O)c2cnc(N3CCCC3)nc2C)CC1. The fraction of sp³-hybridized carbons (Fsp3) is 0.688. The number of carbonyl (C=O) groups excluding carboxylic acids is 1. The number of amides is 1. The molecule has 2 aliphatic heterocycles. The Morgan fingerprint density at radius 1 is 1.14 bits per heavy atom. The quantitative estimate of drug-likeness (QED) is 0.839. The first-order chi connectivity index (χ1) is 10.7. The minimum atomic E-state index is 0.0706. The van der Waals surface area contributed by atoms with Crippen molar-refractivity contribution in [3.8, 4) is 0 Å². The summed E-state index contributed by atoms with van der Waals surface area (Å²) in [5.41, 5.74) is 1.44. The molecule has 120 valence electrons. The van der Waals surface area contributed by atoms with Crippen LogP contribution in [0.4, 0.5) is 5.95 Å². The second kappa shape index (κ2) is 6.60. The van der Waals surface area contributed by atoms with Gasteiger partial charge in [0, 0.05) is 45.5 Å². The Labute approximate surface area is 132 Å². The van der Waals surface area contributed by atoms with E-state index in [2.05, 4.69) is 26.7 Å². The first kappa shape index (κ1) is 15.2. The van der Waals surface area contributed by atoms with Crippen LogP contribution in [0.15, 0.2) is 6.20 Å². The van der Waals surface area contributed by atoms with Crippen molar-refractivity contribution >= 4 is 11.9 Å². The highest BCUT2D eigenvalue weighted by molar-refractivity contribution is 5.95. The molecule has 1 aromatic rings. The molecule has 0 aliphatic carbocycles. The van der Waals surface area contributed by atoms with Gasteiger partial charge in [0.1, 0.15) is 0 Å². The van der Waals surface area contributed by atoms with E-state index >= 15 is 0 Å².